The van der Waals surface area contributed by atoms with Crippen molar-refractivity contribution in [2.75, 3.05) is 13.7 Å². The fourth-order valence-corrected chi connectivity index (χ4v) is 4.20. The number of benzene rings is 1. The van der Waals surface area contributed by atoms with E-state index in [1.54, 1.807) is 18.4 Å². The summed E-state index contributed by atoms with van der Waals surface area (Å²) in [7, 11) is 1.68. The molecule has 5 heteroatoms. The molecule has 0 fully saturated rings. The van der Waals surface area contributed by atoms with Crippen molar-refractivity contribution in [3.05, 3.63) is 49.0 Å². The molecule has 1 atom stereocenters. The average Bonchev–Trinajstić information content (AvgIpc) is 2.82. The first-order chi connectivity index (χ1) is 9.17. The molecule has 0 amide bonds. The summed E-state index contributed by atoms with van der Waals surface area (Å²) < 4.78 is 7.40. The Bertz CT molecular complexity index is 556. The molecule has 0 aliphatic rings. The molecule has 19 heavy (non-hydrogen) atoms. The molecule has 0 bridgehead atoms. The van der Waals surface area contributed by atoms with Gasteiger partial charge in [0.05, 0.1) is 17.6 Å². The van der Waals surface area contributed by atoms with E-state index in [1.807, 2.05) is 6.07 Å². The van der Waals surface area contributed by atoms with E-state index >= 15 is 0 Å². The predicted molar refractivity (Wildman–Crippen MR) is 88.2 cm³/mol. The molecule has 1 aromatic carbocycles. The molecule has 0 saturated heterocycles. The quantitative estimate of drug-likeness (QED) is 0.758. The van der Waals surface area contributed by atoms with Crippen molar-refractivity contribution in [1.82, 2.24) is 5.32 Å². The Morgan fingerprint density at radius 1 is 1.26 bits per heavy atom. The van der Waals surface area contributed by atoms with E-state index in [4.69, 9.17) is 4.74 Å². The van der Waals surface area contributed by atoms with Gasteiger partial charge in [-0.1, -0.05) is 13.0 Å². The molecule has 1 N–H and O–H groups in total. The summed E-state index contributed by atoms with van der Waals surface area (Å²) in [5.74, 6) is 0.851. The Hall–Kier alpha value is -0.360. The fraction of sp³-hybridized carbons (Fsp3) is 0.286. The third kappa shape index (κ3) is 3.40. The van der Waals surface area contributed by atoms with Crippen LogP contribution in [0.25, 0.3) is 0 Å². The lowest BCUT2D eigenvalue weighted by Crippen LogP contribution is -2.21. The van der Waals surface area contributed by atoms with Gasteiger partial charge in [-0.25, -0.2) is 0 Å². The molecule has 1 aromatic heterocycles. The summed E-state index contributed by atoms with van der Waals surface area (Å²) in [6, 6.07) is 8.48. The summed E-state index contributed by atoms with van der Waals surface area (Å²) in [5.41, 5.74) is 1.22. The zero-order valence-corrected chi connectivity index (χ0v) is 14.7. The summed E-state index contributed by atoms with van der Waals surface area (Å²) in [4.78, 5) is 1.29. The zero-order chi connectivity index (χ0) is 13.8. The van der Waals surface area contributed by atoms with Gasteiger partial charge in [-0.3, -0.25) is 0 Å². The molecule has 2 rings (SSSR count). The van der Waals surface area contributed by atoms with Gasteiger partial charge < -0.3 is 10.1 Å². The zero-order valence-electron chi connectivity index (χ0n) is 10.7. The predicted octanol–water partition coefficient (Wildman–Crippen LogP) is 4.98. The van der Waals surface area contributed by atoms with E-state index in [0.717, 1.165) is 21.2 Å². The number of hydrogen-bond donors (Lipinski definition) is 1. The van der Waals surface area contributed by atoms with Gasteiger partial charge in [-0.15, -0.1) is 11.3 Å². The van der Waals surface area contributed by atoms with Gasteiger partial charge in [0.25, 0.3) is 0 Å². The van der Waals surface area contributed by atoms with Crippen molar-refractivity contribution >= 4 is 43.2 Å². The number of methoxy groups -OCH3 is 1. The van der Waals surface area contributed by atoms with Crippen LogP contribution in [0.5, 0.6) is 5.75 Å². The van der Waals surface area contributed by atoms with Crippen molar-refractivity contribution in [2.45, 2.75) is 13.0 Å². The lowest BCUT2D eigenvalue weighted by atomic mass is 10.1. The topological polar surface area (TPSA) is 21.3 Å². The molecule has 2 nitrogen and oxygen atoms in total. The van der Waals surface area contributed by atoms with Gasteiger partial charge in [0.2, 0.25) is 0 Å². The van der Waals surface area contributed by atoms with Crippen LogP contribution < -0.4 is 10.1 Å². The number of thiophene rings is 1. The maximum absolute atomic E-state index is 5.28. The van der Waals surface area contributed by atoms with Crippen LogP contribution in [0.2, 0.25) is 0 Å². The van der Waals surface area contributed by atoms with Crippen molar-refractivity contribution in [3.63, 3.8) is 0 Å². The van der Waals surface area contributed by atoms with Crippen molar-refractivity contribution in [3.8, 4) is 5.75 Å². The van der Waals surface area contributed by atoms with E-state index < -0.39 is 0 Å². The highest BCUT2D eigenvalue weighted by atomic mass is 79.9. The second-order valence-electron chi connectivity index (χ2n) is 4.02. The Morgan fingerprint density at radius 3 is 2.58 bits per heavy atom. The first-order valence-electron chi connectivity index (χ1n) is 5.97. The molecule has 0 radical (unpaired) electrons. The highest BCUT2D eigenvalue weighted by molar-refractivity contribution is 9.10. The molecule has 0 aliphatic heterocycles. The van der Waals surface area contributed by atoms with Crippen LogP contribution in [0.4, 0.5) is 0 Å². The first kappa shape index (κ1) is 15.0. The minimum atomic E-state index is 0.196. The van der Waals surface area contributed by atoms with Crippen LogP contribution in [0.3, 0.4) is 0 Å². The fourth-order valence-electron chi connectivity index (χ4n) is 1.94. The Balaban J connectivity index is 2.39. The smallest absolute Gasteiger partial charge is 0.133 e. The van der Waals surface area contributed by atoms with E-state index in [1.165, 1.54) is 10.4 Å². The molecule has 0 aliphatic carbocycles. The van der Waals surface area contributed by atoms with E-state index in [0.29, 0.717) is 0 Å². The van der Waals surface area contributed by atoms with Crippen molar-refractivity contribution in [1.29, 1.82) is 0 Å². The normalized spacial score (nSPS) is 12.4. The van der Waals surface area contributed by atoms with E-state index in [2.05, 4.69) is 67.7 Å². The lowest BCUT2D eigenvalue weighted by Gasteiger charge is -2.18. The second-order valence-corrected chi connectivity index (χ2v) is 6.67. The second kappa shape index (κ2) is 6.88. The number of ether oxygens (including phenoxy) is 1. The molecule has 0 saturated carbocycles. The highest BCUT2D eigenvalue weighted by Crippen LogP contribution is 2.35. The number of hydrogen-bond acceptors (Lipinski definition) is 3. The molecule has 0 spiro atoms. The van der Waals surface area contributed by atoms with Crippen LogP contribution in [-0.4, -0.2) is 13.7 Å². The van der Waals surface area contributed by atoms with Gasteiger partial charge in [0, 0.05) is 9.35 Å². The van der Waals surface area contributed by atoms with Gasteiger partial charge in [-0.05, 0) is 67.5 Å². The molecule has 1 unspecified atom stereocenters. The third-order valence-corrected chi connectivity index (χ3v) is 5.38. The van der Waals surface area contributed by atoms with Gasteiger partial charge >= 0.3 is 0 Å². The molecule has 2 aromatic rings. The maximum atomic E-state index is 5.28. The molecule has 102 valence electrons. The highest BCUT2D eigenvalue weighted by Gasteiger charge is 2.18. The monoisotopic (exact) mass is 403 g/mol. The van der Waals surface area contributed by atoms with Crippen LogP contribution in [0, 0.1) is 0 Å². The van der Waals surface area contributed by atoms with Crippen LogP contribution in [0.15, 0.2) is 38.6 Å². The Kier molecular flexibility index (Phi) is 5.45. The summed E-state index contributed by atoms with van der Waals surface area (Å²) in [6.07, 6.45) is 0. The van der Waals surface area contributed by atoms with Gasteiger partial charge in [0.15, 0.2) is 0 Å². The summed E-state index contributed by atoms with van der Waals surface area (Å²) in [6.45, 7) is 3.03. The van der Waals surface area contributed by atoms with Gasteiger partial charge in [-0.2, -0.15) is 0 Å². The van der Waals surface area contributed by atoms with E-state index in [9.17, 15) is 0 Å². The van der Waals surface area contributed by atoms with Crippen LogP contribution in [0.1, 0.15) is 23.4 Å². The minimum Gasteiger partial charge on any atom is -0.496 e. The average molecular weight is 405 g/mol. The molecule has 1 heterocycles. The first-order valence-corrected chi connectivity index (χ1v) is 8.43. The van der Waals surface area contributed by atoms with Crippen molar-refractivity contribution in [2.24, 2.45) is 0 Å². The number of nitrogens with one attached hydrogen (secondary N) is 1. The third-order valence-electron chi connectivity index (χ3n) is 2.82. The Labute approximate surface area is 134 Å². The summed E-state index contributed by atoms with van der Waals surface area (Å²) in [5, 5.41) is 5.63. The van der Waals surface area contributed by atoms with Gasteiger partial charge in [0.1, 0.15) is 5.75 Å². The molecular formula is C14H15Br2NOS. The maximum Gasteiger partial charge on any atom is 0.133 e. The Morgan fingerprint density at radius 2 is 2.05 bits per heavy atom. The molecular weight excluding hydrogens is 390 g/mol. The summed E-state index contributed by atoms with van der Waals surface area (Å²) >= 11 is 8.91. The van der Waals surface area contributed by atoms with Crippen LogP contribution in [-0.2, 0) is 0 Å². The lowest BCUT2D eigenvalue weighted by molar-refractivity contribution is 0.412. The SMILES string of the molecule is CCNC(c1ccc(OC)c(Br)c1)c1sccc1Br. The van der Waals surface area contributed by atoms with Crippen LogP contribution >= 0.6 is 43.2 Å². The van der Waals surface area contributed by atoms with E-state index in [-0.39, 0.29) is 6.04 Å². The number of rotatable bonds is 5. The minimum absolute atomic E-state index is 0.196. The van der Waals surface area contributed by atoms with Crippen molar-refractivity contribution < 1.29 is 4.74 Å². The number of halogens is 2. The standard InChI is InChI=1S/C14H15Br2NOS/c1-3-17-13(14-10(15)6-7-19-14)9-4-5-12(18-2)11(16)8-9/h4-8,13,17H,3H2,1-2H3. The largest absolute Gasteiger partial charge is 0.496 e.